The Kier molecular flexibility index (Phi) is 6.42. The van der Waals surface area contributed by atoms with Crippen LogP contribution in [0.25, 0.3) is 0 Å². The zero-order valence-electron chi connectivity index (χ0n) is 18.0. The number of piperidine rings is 1. The van der Waals surface area contributed by atoms with Gasteiger partial charge in [0.15, 0.2) is 0 Å². The number of benzene rings is 2. The zero-order valence-corrected chi connectivity index (χ0v) is 18.7. The molecule has 32 heavy (non-hydrogen) atoms. The normalized spacial score (nSPS) is 14.5. The van der Waals surface area contributed by atoms with Crippen LogP contribution in [-0.4, -0.2) is 28.9 Å². The van der Waals surface area contributed by atoms with Crippen molar-refractivity contribution in [3.63, 3.8) is 0 Å². The standard InChI is InChI=1S/C25H24ClF2N3O/c1-15-13-20(28)7-8-22(15)30-23-16(2)24(26)29-14-21(23)25(32)31-11-9-18(10-12-31)17-3-5-19(27)6-4-17/h3-8,13-14,18H,9-12H2,1-2H3,(H,29,30). The number of aromatic nitrogens is 1. The minimum Gasteiger partial charge on any atom is -0.354 e. The lowest BCUT2D eigenvalue weighted by molar-refractivity contribution is 0.0713. The van der Waals surface area contributed by atoms with Crippen molar-refractivity contribution < 1.29 is 13.6 Å². The summed E-state index contributed by atoms with van der Waals surface area (Å²) in [6.45, 7) is 4.79. The Morgan fingerprint density at radius 3 is 2.38 bits per heavy atom. The summed E-state index contributed by atoms with van der Waals surface area (Å²) < 4.78 is 26.7. The van der Waals surface area contributed by atoms with Crippen LogP contribution in [0.1, 0.15) is 45.8 Å². The molecule has 1 aromatic heterocycles. The number of aryl methyl sites for hydroxylation is 1. The average Bonchev–Trinajstić information content (AvgIpc) is 2.79. The summed E-state index contributed by atoms with van der Waals surface area (Å²) in [4.78, 5) is 19.4. The van der Waals surface area contributed by atoms with Crippen LogP contribution in [0, 0.1) is 25.5 Å². The number of anilines is 2. The van der Waals surface area contributed by atoms with Gasteiger partial charge in [0.1, 0.15) is 16.8 Å². The predicted octanol–water partition coefficient (Wildman–Crippen LogP) is 6.39. The first-order valence-electron chi connectivity index (χ1n) is 10.6. The largest absolute Gasteiger partial charge is 0.354 e. The molecule has 0 bridgehead atoms. The van der Waals surface area contributed by atoms with Crippen molar-refractivity contribution in [2.45, 2.75) is 32.6 Å². The number of rotatable bonds is 4. The summed E-state index contributed by atoms with van der Waals surface area (Å²) in [7, 11) is 0. The molecule has 0 saturated carbocycles. The maximum absolute atomic E-state index is 13.5. The van der Waals surface area contributed by atoms with E-state index in [4.69, 9.17) is 11.6 Å². The van der Waals surface area contributed by atoms with Crippen molar-refractivity contribution in [3.05, 3.63) is 87.7 Å². The van der Waals surface area contributed by atoms with Crippen molar-refractivity contribution in [3.8, 4) is 0 Å². The average molecular weight is 456 g/mol. The third-order valence-electron chi connectivity index (χ3n) is 6.06. The van der Waals surface area contributed by atoms with Crippen molar-refractivity contribution in [1.82, 2.24) is 9.88 Å². The van der Waals surface area contributed by atoms with E-state index in [0.29, 0.717) is 46.7 Å². The molecule has 1 fully saturated rings. The molecular weight excluding hydrogens is 432 g/mol. The zero-order chi connectivity index (χ0) is 22.8. The van der Waals surface area contributed by atoms with E-state index in [1.54, 1.807) is 19.9 Å². The van der Waals surface area contributed by atoms with Crippen LogP contribution in [0.5, 0.6) is 0 Å². The van der Waals surface area contributed by atoms with Gasteiger partial charge in [-0.05, 0) is 74.1 Å². The Bertz CT molecular complexity index is 1140. The second-order valence-electron chi connectivity index (χ2n) is 8.16. The summed E-state index contributed by atoms with van der Waals surface area (Å²) in [6.07, 6.45) is 3.10. The molecule has 0 atom stereocenters. The highest BCUT2D eigenvalue weighted by Gasteiger charge is 2.27. The lowest BCUT2D eigenvalue weighted by Crippen LogP contribution is -2.38. The molecule has 1 saturated heterocycles. The van der Waals surface area contributed by atoms with Gasteiger partial charge in [-0.1, -0.05) is 23.7 Å². The molecule has 4 rings (SSSR count). The fourth-order valence-electron chi connectivity index (χ4n) is 4.13. The predicted molar refractivity (Wildman–Crippen MR) is 123 cm³/mol. The number of carbonyl (C=O) groups excluding carboxylic acids is 1. The second kappa shape index (κ2) is 9.25. The number of carbonyl (C=O) groups is 1. The summed E-state index contributed by atoms with van der Waals surface area (Å²) in [6, 6.07) is 11.0. The van der Waals surface area contributed by atoms with Crippen molar-refractivity contribution >= 4 is 28.9 Å². The van der Waals surface area contributed by atoms with Gasteiger partial charge in [-0.25, -0.2) is 13.8 Å². The smallest absolute Gasteiger partial charge is 0.257 e. The fraction of sp³-hybridized carbons (Fsp3) is 0.280. The molecule has 4 nitrogen and oxygen atoms in total. The lowest BCUT2D eigenvalue weighted by Gasteiger charge is -2.33. The number of amides is 1. The van der Waals surface area contributed by atoms with Gasteiger partial charge >= 0.3 is 0 Å². The van der Waals surface area contributed by atoms with E-state index in [0.717, 1.165) is 24.0 Å². The van der Waals surface area contributed by atoms with Crippen LogP contribution in [0.3, 0.4) is 0 Å². The van der Waals surface area contributed by atoms with Gasteiger partial charge in [0.25, 0.3) is 5.91 Å². The molecule has 166 valence electrons. The summed E-state index contributed by atoms with van der Waals surface area (Å²) in [5, 5.41) is 3.57. The first-order chi connectivity index (χ1) is 15.3. The van der Waals surface area contributed by atoms with Gasteiger partial charge in [-0.15, -0.1) is 0 Å². The molecule has 1 amide bonds. The SMILES string of the molecule is Cc1cc(F)ccc1Nc1c(C(=O)N2CCC(c3ccc(F)cc3)CC2)cnc(Cl)c1C. The Labute approximate surface area is 191 Å². The molecule has 7 heteroatoms. The molecule has 1 aliphatic rings. The van der Waals surface area contributed by atoms with Gasteiger partial charge in [0.05, 0.1) is 11.3 Å². The maximum atomic E-state index is 13.5. The number of nitrogens with one attached hydrogen (secondary N) is 1. The minimum atomic E-state index is -0.321. The van der Waals surface area contributed by atoms with E-state index in [2.05, 4.69) is 10.3 Å². The Balaban J connectivity index is 1.55. The number of halogens is 3. The van der Waals surface area contributed by atoms with Gasteiger partial charge in [-0.3, -0.25) is 4.79 Å². The Hall–Kier alpha value is -2.99. The van der Waals surface area contributed by atoms with Crippen LogP contribution < -0.4 is 5.32 Å². The van der Waals surface area contributed by atoms with Gasteiger partial charge in [0, 0.05) is 30.5 Å². The number of hydrogen-bond donors (Lipinski definition) is 1. The van der Waals surface area contributed by atoms with E-state index in [-0.39, 0.29) is 17.5 Å². The summed E-state index contributed by atoms with van der Waals surface area (Å²) >= 11 is 6.24. The van der Waals surface area contributed by atoms with Crippen molar-refractivity contribution in [2.24, 2.45) is 0 Å². The molecule has 2 aromatic carbocycles. The lowest BCUT2D eigenvalue weighted by atomic mass is 9.89. The molecular formula is C25H24ClF2N3O. The maximum Gasteiger partial charge on any atom is 0.257 e. The Morgan fingerprint density at radius 2 is 1.72 bits per heavy atom. The molecule has 3 aromatic rings. The van der Waals surface area contributed by atoms with Gasteiger partial charge in [-0.2, -0.15) is 0 Å². The van der Waals surface area contributed by atoms with Crippen molar-refractivity contribution in [2.75, 3.05) is 18.4 Å². The van der Waals surface area contributed by atoms with Crippen LogP contribution >= 0.6 is 11.6 Å². The molecule has 0 unspecified atom stereocenters. The van der Waals surface area contributed by atoms with Crippen LogP contribution in [0.4, 0.5) is 20.2 Å². The second-order valence-corrected chi connectivity index (χ2v) is 8.52. The van der Waals surface area contributed by atoms with E-state index in [1.807, 2.05) is 17.0 Å². The third kappa shape index (κ3) is 4.60. The van der Waals surface area contributed by atoms with Gasteiger partial charge in [0.2, 0.25) is 0 Å². The van der Waals surface area contributed by atoms with Gasteiger partial charge < -0.3 is 10.2 Å². The number of likely N-dealkylation sites (tertiary alicyclic amines) is 1. The first-order valence-corrected chi connectivity index (χ1v) is 10.9. The monoisotopic (exact) mass is 455 g/mol. The third-order valence-corrected chi connectivity index (χ3v) is 6.44. The van der Waals surface area contributed by atoms with Crippen molar-refractivity contribution in [1.29, 1.82) is 0 Å². The van der Waals surface area contributed by atoms with Crippen LogP contribution in [-0.2, 0) is 0 Å². The summed E-state index contributed by atoms with van der Waals surface area (Å²) in [5.41, 5.74) is 4.16. The van der Waals surface area contributed by atoms with Crippen LogP contribution in [0.2, 0.25) is 5.15 Å². The van der Waals surface area contributed by atoms with E-state index >= 15 is 0 Å². The van der Waals surface area contributed by atoms with E-state index in [1.165, 1.54) is 30.5 Å². The van der Waals surface area contributed by atoms with Crippen LogP contribution in [0.15, 0.2) is 48.7 Å². The highest BCUT2D eigenvalue weighted by molar-refractivity contribution is 6.30. The number of pyridine rings is 1. The topological polar surface area (TPSA) is 45.2 Å². The molecule has 0 radical (unpaired) electrons. The molecule has 1 N–H and O–H groups in total. The molecule has 2 heterocycles. The molecule has 0 aliphatic carbocycles. The Morgan fingerprint density at radius 1 is 1.06 bits per heavy atom. The first kappa shape index (κ1) is 22.2. The number of nitrogens with zero attached hydrogens (tertiary/aromatic N) is 2. The quantitative estimate of drug-likeness (QED) is 0.463. The highest BCUT2D eigenvalue weighted by Crippen LogP contribution is 2.33. The minimum absolute atomic E-state index is 0.128. The summed E-state index contributed by atoms with van der Waals surface area (Å²) in [5.74, 6) is -0.400. The molecule has 0 spiro atoms. The van der Waals surface area contributed by atoms with E-state index < -0.39 is 0 Å². The number of hydrogen-bond acceptors (Lipinski definition) is 3. The van der Waals surface area contributed by atoms with E-state index in [9.17, 15) is 13.6 Å². The molecule has 1 aliphatic heterocycles. The fourth-order valence-corrected chi connectivity index (χ4v) is 4.28. The highest BCUT2D eigenvalue weighted by atomic mass is 35.5.